The molecule has 0 bridgehead atoms. The van der Waals surface area contributed by atoms with E-state index in [2.05, 4.69) is 65.3 Å². The molecule has 2 amide bonds. The van der Waals surface area contributed by atoms with Crippen LogP contribution in [0, 0.1) is 12.8 Å². The number of carbonyl (C=O) groups is 1. The summed E-state index contributed by atoms with van der Waals surface area (Å²) in [5, 5.41) is 7.03. The van der Waals surface area contributed by atoms with Gasteiger partial charge in [-0.05, 0) is 55.4 Å². The van der Waals surface area contributed by atoms with E-state index in [1.54, 1.807) is 5.01 Å². The summed E-state index contributed by atoms with van der Waals surface area (Å²) in [5.74, 6) is 0.369. The van der Waals surface area contributed by atoms with Crippen molar-refractivity contribution < 1.29 is 9.53 Å². The van der Waals surface area contributed by atoms with Crippen molar-refractivity contribution in [1.29, 1.82) is 0 Å². The highest BCUT2D eigenvalue weighted by molar-refractivity contribution is 9.09. The lowest BCUT2D eigenvalue weighted by Gasteiger charge is -2.33. The molecule has 33 heavy (non-hydrogen) atoms. The van der Waals surface area contributed by atoms with Gasteiger partial charge in [-0.1, -0.05) is 71.6 Å². The van der Waals surface area contributed by atoms with Crippen molar-refractivity contribution in [2.24, 2.45) is 11.0 Å². The zero-order valence-electron chi connectivity index (χ0n) is 19.3. The predicted octanol–water partition coefficient (Wildman–Crippen LogP) is 6.72. The fourth-order valence-electron chi connectivity index (χ4n) is 5.48. The van der Waals surface area contributed by atoms with Gasteiger partial charge in [-0.3, -0.25) is 4.90 Å². The first-order chi connectivity index (χ1) is 16.2. The van der Waals surface area contributed by atoms with Crippen molar-refractivity contribution in [2.45, 2.75) is 57.9 Å². The van der Waals surface area contributed by atoms with Crippen molar-refractivity contribution in [3.8, 4) is 11.1 Å². The molecule has 6 heteroatoms. The Balaban J connectivity index is 1.74. The summed E-state index contributed by atoms with van der Waals surface area (Å²) < 4.78 is 5.60. The molecule has 1 aliphatic carbocycles. The third-order valence-corrected chi connectivity index (χ3v) is 7.69. The Kier molecular flexibility index (Phi) is 6.84. The number of fused-ring (bicyclic) bond motifs is 1. The molecular weight excluding hydrogens is 478 g/mol. The Bertz CT molecular complexity index is 1030. The SMILES string of the molecule is Cc1cc(-c2ccccc2)c2c(c1)N(CBr)C(=O)N(C1CCOCC1)N=C2C1CCCCC1. The van der Waals surface area contributed by atoms with Crippen LogP contribution in [0.25, 0.3) is 11.1 Å². The molecule has 2 aromatic carbocycles. The van der Waals surface area contributed by atoms with Gasteiger partial charge in [0, 0.05) is 24.7 Å². The topological polar surface area (TPSA) is 45.1 Å². The molecule has 5 rings (SSSR count). The van der Waals surface area contributed by atoms with E-state index in [1.165, 1.54) is 30.4 Å². The van der Waals surface area contributed by atoms with Crippen LogP contribution in [0.1, 0.15) is 56.1 Å². The van der Waals surface area contributed by atoms with Gasteiger partial charge in [0.1, 0.15) is 0 Å². The van der Waals surface area contributed by atoms with Gasteiger partial charge in [-0.2, -0.15) is 5.10 Å². The Morgan fingerprint density at radius 1 is 1.03 bits per heavy atom. The van der Waals surface area contributed by atoms with E-state index >= 15 is 0 Å². The highest BCUT2D eigenvalue weighted by Gasteiger charge is 2.37. The zero-order chi connectivity index (χ0) is 22.8. The van der Waals surface area contributed by atoms with Gasteiger partial charge in [0.05, 0.1) is 22.9 Å². The van der Waals surface area contributed by atoms with Crippen LogP contribution >= 0.6 is 15.9 Å². The van der Waals surface area contributed by atoms with E-state index in [-0.39, 0.29) is 12.1 Å². The summed E-state index contributed by atoms with van der Waals surface area (Å²) in [6, 6.07) is 15.0. The number of rotatable bonds is 4. The van der Waals surface area contributed by atoms with Crippen LogP contribution in [-0.2, 0) is 4.74 Å². The van der Waals surface area contributed by atoms with Gasteiger partial charge < -0.3 is 4.74 Å². The number of nitrogens with zero attached hydrogens (tertiary/aromatic N) is 3. The second-order valence-electron chi connectivity index (χ2n) is 9.41. The first-order valence-corrected chi connectivity index (χ1v) is 13.3. The molecule has 2 aromatic rings. The average Bonchev–Trinajstić information content (AvgIpc) is 2.99. The number of amides is 2. The minimum absolute atomic E-state index is 0.0459. The van der Waals surface area contributed by atoms with Crippen molar-refractivity contribution in [3.05, 3.63) is 53.6 Å². The molecular formula is C27H32BrN3O2. The molecule has 1 saturated heterocycles. The number of benzene rings is 2. The minimum Gasteiger partial charge on any atom is -0.381 e. The highest BCUT2D eigenvalue weighted by Crippen LogP contribution is 2.41. The number of hydrogen-bond acceptors (Lipinski definition) is 3. The summed E-state index contributed by atoms with van der Waals surface area (Å²) >= 11 is 3.63. The number of urea groups is 1. The second kappa shape index (κ2) is 9.98. The summed E-state index contributed by atoms with van der Waals surface area (Å²) in [7, 11) is 0. The second-order valence-corrected chi connectivity index (χ2v) is 9.91. The number of ether oxygens (including phenoxy) is 1. The van der Waals surface area contributed by atoms with Crippen LogP contribution in [0.15, 0.2) is 47.6 Å². The molecule has 174 valence electrons. The van der Waals surface area contributed by atoms with Crippen LogP contribution in [0.2, 0.25) is 0 Å². The molecule has 2 heterocycles. The third kappa shape index (κ3) is 4.47. The maximum atomic E-state index is 13.9. The number of hydrazone groups is 1. The molecule has 2 aliphatic heterocycles. The van der Waals surface area contributed by atoms with E-state index in [0.29, 0.717) is 24.6 Å². The molecule has 2 fully saturated rings. The van der Waals surface area contributed by atoms with Crippen molar-refractivity contribution in [2.75, 3.05) is 23.6 Å². The molecule has 1 saturated carbocycles. The predicted molar refractivity (Wildman–Crippen MR) is 137 cm³/mol. The molecule has 0 radical (unpaired) electrons. The minimum atomic E-state index is -0.0459. The van der Waals surface area contributed by atoms with Gasteiger partial charge in [0.25, 0.3) is 0 Å². The fourth-order valence-corrected chi connectivity index (χ4v) is 5.96. The Morgan fingerprint density at radius 2 is 1.76 bits per heavy atom. The lowest BCUT2D eigenvalue weighted by Crippen LogP contribution is -2.46. The molecule has 0 N–H and O–H groups in total. The first-order valence-electron chi connectivity index (χ1n) is 12.2. The standard InChI is InChI=1S/C27H32BrN3O2/c1-19-16-23(20-8-4-2-5-9-20)25-24(17-19)30(18-28)27(32)31(22-12-14-33-15-13-22)29-26(25)21-10-6-3-7-11-21/h2,4-5,8-9,16-17,21-22H,3,6-7,10-15,18H2,1H3. The smallest absolute Gasteiger partial charge is 0.345 e. The van der Waals surface area contributed by atoms with Crippen LogP contribution in [0.4, 0.5) is 10.5 Å². The molecule has 5 nitrogen and oxygen atoms in total. The highest BCUT2D eigenvalue weighted by atomic mass is 79.9. The van der Waals surface area contributed by atoms with Gasteiger partial charge in [0.15, 0.2) is 0 Å². The third-order valence-electron chi connectivity index (χ3n) is 7.18. The van der Waals surface area contributed by atoms with Crippen molar-refractivity contribution >= 4 is 33.4 Å². The van der Waals surface area contributed by atoms with E-state index in [9.17, 15) is 4.79 Å². The number of aryl methyl sites for hydroxylation is 1. The monoisotopic (exact) mass is 509 g/mol. The Hall–Kier alpha value is -2.18. The van der Waals surface area contributed by atoms with Crippen LogP contribution < -0.4 is 4.90 Å². The number of halogens is 1. The largest absolute Gasteiger partial charge is 0.381 e. The van der Waals surface area contributed by atoms with Crippen LogP contribution in [0.3, 0.4) is 0 Å². The maximum absolute atomic E-state index is 13.9. The van der Waals surface area contributed by atoms with Gasteiger partial charge in [0.2, 0.25) is 0 Å². The first kappa shape index (κ1) is 22.6. The van der Waals surface area contributed by atoms with E-state index in [0.717, 1.165) is 48.2 Å². The lowest BCUT2D eigenvalue weighted by molar-refractivity contribution is 0.0478. The molecule has 0 aromatic heterocycles. The number of alkyl halides is 1. The van der Waals surface area contributed by atoms with E-state index in [4.69, 9.17) is 9.84 Å². The van der Waals surface area contributed by atoms with Gasteiger partial charge in [-0.15, -0.1) is 0 Å². The van der Waals surface area contributed by atoms with E-state index in [1.807, 2.05) is 4.90 Å². The molecule has 0 unspecified atom stereocenters. The Morgan fingerprint density at radius 3 is 2.45 bits per heavy atom. The summed E-state index contributed by atoms with van der Waals surface area (Å²) in [5.41, 5.74) is 7.10. The molecule has 0 atom stereocenters. The zero-order valence-corrected chi connectivity index (χ0v) is 20.9. The van der Waals surface area contributed by atoms with Crippen LogP contribution in [-0.4, -0.2) is 41.5 Å². The van der Waals surface area contributed by atoms with Gasteiger partial charge in [-0.25, -0.2) is 9.80 Å². The number of hydrogen-bond donors (Lipinski definition) is 0. The molecule has 0 spiro atoms. The van der Waals surface area contributed by atoms with Crippen molar-refractivity contribution in [1.82, 2.24) is 5.01 Å². The van der Waals surface area contributed by atoms with Gasteiger partial charge >= 0.3 is 6.03 Å². The Labute approximate surface area is 204 Å². The summed E-state index contributed by atoms with van der Waals surface area (Å²) in [6.07, 6.45) is 7.63. The average molecular weight is 510 g/mol. The summed E-state index contributed by atoms with van der Waals surface area (Å²) in [6.45, 7) is 3.47. The quantitative estimate of drug-likeness (QED) is 0.339. The van der Waals surface area contributed by atoms with Crippen molar-refractivity contribution in [3.63, 3.8) is 0 Å². The van der Waals surface area contributed by atoms with E-state index < -0.39 is 0 Å². The summed E-state index contributed by atoms with van der Waals surface area (Å²) in [4.78, 5) is 15.8. The number of carbonyl (C=O) groups excluding carboxylic acids is 1. The van der Waals surface area contributed by atoms with Crippen LogP contribution in [0.5, 0.6) is 0 Å². The lowest BCUT2D eigenvalue weighted by atomic mass is 9.80. The molecule has 3 aliphatic rings. The fraction of sp³-hybridized carbons (Fsp3) is 0.481. The maximum Gasteiger partial charge on any atom is 0.345 e. The number of anilines is 1. The normalized spacial score (nSPS) is 20.4.